The Balaban J connectivity index is 2.09. The van der Waals surface area contributed by atoms with Crippen molar-refractivity contribution in [1.29, 1.82) is 0 Å². The molecular weight excluding hydrogens is 276 g/mol. The van der Waals surface area contributed by atoms with Crippen LogP contribution in [0.5, 0.6) is 5.75 Å². The number of carboxylic acid groups (broad SMARTS) is 1. The van der Waals surface area contributed by atoms with Crippen LogP contribution in [0, 0.1) is 6.92 Å². The van der Waals surface area contributed by atoms with Crippen molar-refractivity contribution in [2.75, 3.05) is 0 Å². The maximum absolute atomic E-state index is 12.0. The zero-order chi connectivity index (χ0) is 15.4. The van der Waals surface area contributed by atoms with Crippen molar-refractivity contribution in [3.05, 3.63) is 47.3 Å². The molecule has 2 aromatic rings. The van der Waals surface area contributed by atoms with Crippen LogP contribution in [0.2, 0.25) is 0 Å². The summed E-state index contributed by atoms with van der Waals surface area (Å²) in [6.45, 7) is 1.57. The number of phenolic OH excluding ortho intramolecular Hbond substituents is 1. The topological polar surface area (TPSA) is 113 Å². The summed E-state index contributed by atoms with van der Waals surface area (Å²) in [5.41, 5.74) is 0.884. The first-order valence-corrected chi connectivity index (χ1v) is 6.20. The predicted molar refractivity (Wildman–Crippen MR) is 71.9 cm³/mol. The van der Waals surface area contributed by atoms with Crippen LogP contribution in [-0.4, -0.2) is 33.3 Å². The molecule has 1 amide bonds. The number of hydrogen-bond donors (Lipinski definition) is 3. The van der Waals surface area contributed by atoms with E-state index in [0.717, 1.165) is 0 Å². The standard InChI is InChI=1S/C14H14N2O5/c1-8-11(7-15-21-8)13(18)16-12(14(19)20)6-9-2-4-10(17)5-3-9/h2-5,7,12,17H,6H2,1H3,(H,16,18)(H,19,20)/t12-/m1/s1. The summed E-state index contributed by atoms with van der Waals surface area (Å²) in [4.78, 5) is 23.2. The highest BCUT2D eigenvalue weighted by molar-refractivity contribution is 5.97. The van der Waals surface area contributed by atoms with Crippen LogP contribution >= 0.6 is 0 Å². The molecule has 0 radical (unpaired) electrons. The lowest BCUT2D eigenvalue weighted by atomic mass is 10.1. The van der Waals surface area contributed by atoms with Crippen molar-refractivity contribution >= 4 is 11.9 Å². The van der Waals surface area contributed by atoms with E-state index < -0.39 is 17.9 Å². The number of carboxylic acids is 1. The molecule has 0 saturated heterocycles. The lowest BCUT2D eigenvalue weighted by Crippen LogP contribution is -2.42. The first-order chi connectivity index (χ1) is 9.97. The van der Waals surface area contributed by atoms with Gasteiger partial charge in [-0.1, -0.05) is 17.3 Å². The second-order valence-corrected chi connectivity index (χ2v) is 4.53. The number of nitrogens with zero attached hydrogens (tertiary/aromatic N) is 1. The summed E-state index contributed by atoms with van der Waals surface area (Å²) in [6, 6.07) is 5.03. The van der Waals surface area contributed by atoms with Gasteiger partial charge in [-0.05, 0) is 24.6 Å². The zero-order valence-electron chi connectivity index (χ0n) is 11.2. The SMILES string of the molecule is Cc1oncc1C(=O)N[C@H](Cc1ccc(O)cc1)C(=O)O. The van der Waals surface area contributed by atoms with E-state index in [1.54, 1.807) is 19.1 Å². The van der Waals surface area contributed by atoms with Crippen molar-refractivity contribution < 1.29 is 24.3 Å². The third kappa shape index (κ3) is 3.59. The third-order valence-electron chi connectivity index (χ3n) is 2.97. The quantitative estimate of drug-likeness (QED) is 0.760. The largest absolute Gasteiger partial charge is 0.508 e. The number of rotatable bonds is 5. The Morgan fingerprint density at radius 2 is 2.00 bits per heavy atom. The number of nitrogens with one attached hydrogen (secondary N) is 1. The number of aromatic hydroxyl groups is 1. The van der Waals surface area contributed by atoms with Gasteiger partial charge in [0, 0.05) is 6.42 Å². The van der Waals surface area contributed by atoms with Gasteiger partial charge in [0.05, 0.1) is 6.20 Å². The highest BCUT2D eigenvalue weighted by Crippen LogP contribution is 2.12. The van der Waals surface area contributed by atoms with Crippen molar-refractivity contribution in [2.24, 2.45) is 0 Å². The molecule has 3 N–H and O–H groups in total. The van der Waals surface area contributed by atoms with Crippen LogP contribution in [0.3, 0.4) is 0 Å². The summed E-state index contributed by atoms with van der Waals surface area (Å²) in [5, 5.41) is 24.3. The van der Waals surface area contributed by atoms with Crippen LogP contribution in [0.4, 0.5) is 0 Å². The van der Waals surface area contributed by atoms with E-state index in [1.165, 1.54) is 18.3 Å². The minimum atomic E-state index is -1.15. The highest BCUT2D eigenvalue weighted by atomic mass is 16.5. The van der Waals surface area contributed by atoms with Gasteiger partial charge in [-0.2, -0.15) is 0 Å². The number of hydrogen-bond acceptors (Lipinski definition) is 5. The van der Waals surface area contributed by atoms with E-state index in [-0.39, 0.29) is 17.7 Å². The Hall–Kier alpha value is -2.83. The Labute approximate surface area is 120 Å². The third-order valence-corrected chi connectivity index (χ3v) is 2.97. The van der Waals surface area contributed by atoms with Gasteiger partial charge in [-0.3, -0.25) is 4.79 Å². The molecule has 0 saturated carbocycles. The lowest BCUT2D eigenvalue weighted by Gasteiger charge is -2.14. The molecule has 0 fully saturated rings. The van der Waals surface area contributed by atoms with Gasteiger partial charge < -0.3 is 20.1 Å². The van der Waals surface area contributed by atoms with Crippen LogP contribution in [0.25, 0.3) is 0 Å². The summed E-state index contributed by atoms with van der Waals surface area (Å²) in [5.74, 6) is -1.29. The van der Waals surface area contributed by atoms with Gasteiger partial charge in [0.15, 0.2) is 0 Å². The number of aliphatic carboxylic acids is 1. The van der Waals surface area contributed by atoms with Crippen molar-refractivity contribution in [2.45, 2.75) is 19.4 Å². The minimum Gasteiger partial charge on any atom is -0.508 e. The zero-order valence-corrected chi connectivity index (χ0v) is 11.2. The van der Waals surface area contributed by atoms with E-state index in [1.807, 2.05) is 0 Å². The number of aromatic nitrogens is 1. The Morgan fingerprint density at radius 1 is 1.33 bits per heavy atom. The predicted octanol–water partition coefficient (Wildman–Crippen LogP) is 1.11. The smallest absolute Gasteiger partial charge is 0.326 e. The average Bonchev–Trinajstić information content (AvgIpc) is 2.86. The normalized spacial score (nSPS) is 11.9. The second-order valence-electron chi connectivity index (χ2n) is 4.53. The molecule has 21 heavy (non-hydrogen) atoms. The van der Waals surface area contributed by atoms with Crippen LogP contribution < -0.4 is 5.32 Å². The number of carbonyl (C=O) groups excluding carboxylic acids is 1. The number of aryl methyl sites for hydroxylation is 1. The van der Waals surface area contributed by atoms with Crippen molar-refractivity contribution in [3.63, 3.8) is 0 Å². The number of phenols is 1. The summed E-state index contributed by atoms with van der Waals surface area (Å²) >= 11 is 0. The summed E-state index contributed by atoms with van der Waals surface area (Å²) < 4.78 is 4.77. The van der Waals surface area contributed by atoms with E-state index >= 15 is 0 Å². The molecule has 0 bridgehead atoms. The Kier molecular flexibility index (Phi) is 4.22. The Morgan fingerprint density at radius 3 is 2.52 bits per heavy atom. The van der Waals surface area contributed by atoms with E-state index in [0.29, 0.717) is 11.3 Å². The highest BCUT2D eigenvalue weighted by Gasteiger charge is 2.23. The lowest BCUT2D eigenvalue weighted by molar-refractivity contribution is -0.139. The molecule has 7 heteroatoms. The molecule has 2 rings (SSSR count). The molecule has 110 valence electrons. The van der Waals surface area contributed by atoms with Crippen LogP contribution in [-0.2, 0) is 11.2 Å². The summed E-state index contributed by atoms with van der Waals surface area (Å²) in [7, 11) is 0. The maximum atomic E-state index is 12.0. The fourth-order valence-corrected chi connectivity index (χ4v) is 1.82. The molecule has 0 unspecified atom stereocenters. The van der Waals surface area contributed by atoms with Gasteiger partial charge in [0.25, 0.3) is 5.91 Å². The van der Waals surface area contributed by atoms with Gasteiger partial charge >= 0.3 is 5.97 Å². The molecular formula is C14H14N2O5. The van der Waals surface area contributed by atoms with E-state index in [4.69, 9.17) is 4.52 Å². The first-order valence-electron chi connectivity index (χ1n) is 6.20. The second kappa shape index (κ2) is 6.08. The molecule has 0 spiro atoms. The van der Waals surface area contributed by atoms with Crippen LogP contribution in [0.15, 0.2) is 35.0 Å². The van der Waals surface area contributed by atoms with E-state index in [2.05, 4.69) is 10.5 Å². The fourth-order valence-electron chi connectivity index (χ4n) is 1.82. The Bertz CT molecular complexity index is 648. The number of benzene rings is 1. The van der Waals surface area contributed by atoms with Gasteiger partial charge in [0.2, 0.25) is 0 Å². The van der Waals surface area contributed by atoms with Crippen molar-refractivity contribution in [3.8, 4) is 5.75 Å². The van der Waals surface area contributed by atoms with E-state index in [9.17, 15) is 19.8 Å². The molecule has 1 atom stereocenters. The van der Waals surface area contributed by atoms with Crippen LogP contribution in [0.1, 0.15) is 21.7 Å². The molecule has 0 aliphatic heterocycles. The molecule has 7 nitrogen and oxygen atoms in total. The number of carbonyl (C=O) groups is 2. The maximum Gasteiger partial charge on any atom is 0.326 e. The van der Waals surface area contributed by atoms with Gasteiger partial charge in [0.1, 0.15) is 23.1 Å². The van der Waals surface area contributed by atoms with Gasteiger partial charge in [-0.25, -0.2) is 4.79 Å². The average molecular weight is 290 g/mol. The fraction of sp³-hybridized carbons (Fsp3) is 0.214. The first kappa shape index (κ1) is 14.6. The van der Waals surface area contributed by atoms with Gasteiger partial charge in [-0.15, -0.1) is 0 Å². The molecule has 0 aliphatic rings. The molecule has 1 aromatic heterocycles. The van der Waals surface area contributed by atoms with Crippen molar-refractivity contribution in [1.82, 2.24) is 10.5 Å². The summed E-state index contributed by atoms with van der Waals surface area (Å²) in [6.07, 6.45) is 1.34. The molecule has 1 aromatic carbocycles. The minimum absolute atomic E-state index is 0.0924. The monoisotopic (exact) mass is 290 g/mol. The molecule has 1 heterocycles. The number of amides is 1. The molecule has 0 aliphatic carbocycles.